The van der Waals surface area contributed by atoms with Gasteiger partial charge in [0.05, 0.1) is 30.3 Å². The number of amides is 1. The number of carbonyl (C=O) groups excluding carboxylic acids is 2. The number of fused-ring (bicyclic) bond motifs is 1. The fraction of sp³-hybridized carbons (Fsp3) is 0.409. The summed E-state index contributed by atoms with van der Waals surface area (Å²) in [5.41, 5.74) is 1.69. The first kappa shape index (κ1) is 23.0. The number of allylic oxidation sites excluding steroid dienone is 1. The van der Waals surface area contributed by atoms with Crippen molar-refractivity contribution >= 4 is 28.8 Å². The van der Waals surface area contributed by atoms with Crippen LogP contribution >= 0.6 is 11.8 Å². The van der Waals surface area contributed by atoms with Gasteiger partial charge in [-0.05, 0) is 25.3 Å². The first-order chi connectivity index (χ1) is 14.9. The molecule has 0 spiro atoms. The minimum atomic E-state index is -0.787. The van der Waals surface area contributed by atoms with Gasteiger partial charge in [-0.1, -0.05) is 30.0 Å². The van der Waals surface area contributed by atoms with Gasteiger partial charge in [0.1, 0.15) is 12.4 Å². The molecule has 0 N–H and O–H groups in total. The summed E-state index contributed by atoms with van der Waals surface area (Å²) in [5, 5.41) is 2.43. The van der Waals surface area contributed by atoms with Crippen molar-refractivity contribution in [1.29, 1.82) is 0 Å². The Morgan fingerprint density at radius 2 is 2.03 bits per heavy atom. The molecule has 0 saturated heterocycles. The number of hydrogen-bond acceptors (Lipinski definition) is 7. The maximum Gasteiger partial charge on any atom is 0.338 e. The Morgan fingerprint density at radius 1 is 1.29 bits per heavy atom. The van der Waals surface area contributed by atoms with Gasteiger partial charge in [0.2, 0.25) is 5.91 Å². The summed E-state index contributed by atoms with van der Waals surface area (Å²) in [6.45, 7) is 4.50. The average Bonchev–Trinajstić information content (AvgIpc) is 3.14. The molecule has 1 atom stereocenters. The Bertz CT molecular complexity index is 960. The number of rotatable bonds is 8. The Hall–Kier alpha value is -2.65. The van der Waals surface area contributed by atoms with E-state index < -0.39 is 17.8 Å². The lowest BCUT2D eigenvalue weighted by Gasteiger charge is -2.36. The summed E-state index contributed by atoms with van der Waals surface area (Å²) in [6, 6.07) is 5.52. The number of methoxy groups -OCH3 is 1. The Balaban J connectivity index is 2.03. The molecule has 0 radical (unpaired) electrons. The monoisotopic (exact) mass is 447 g/mol. The van der Waals surface area contributed by atoms with Gasteiger partial charge in [0.25, 0.3) is 0 Å². The third-order valence-corrected chi connectivity index (χ3v) is 6.06. The van der Waals surface area contributed by atoms with Crippen LogP contribution in [0.3, 0.4) is 0 Å². The average molecular weight is 448 g/mol. The summed E-state index contributed by atoms with van der Waals surface area (Å²) < 4.78 is 25.2. The summed E-state index contributed by atoms with van der Waals surface area (Å²) in [5.74, 6) is -1.10. The molecule has 0 saturated carbocycles. The number of hydrogen-bond donors (Lipinski definition) is 0. The molecule has 3 rings (SSSR count). The molecule has 7 nitrogen and oxygen atoms in total. The Kier molecular flexibility index (Phi) is 7.50. The molecule has 1 aromatic rings. The maximum absolute atomic E-state index is 14.9. The van der Waals surface area contributed by atoms with Gasteiger partial charge < -0.3 is 19.3 Å². The second kappa shape index (κ2) is 10.1. The van der Waals surface area contributed by atoms with Gasteiger partial charge in [-0.15, -0.1) is 0 Å². The van der Waals surface area contributed by atoms with Crippen LogP contribution in [-0.2, 0) is 19.1 Å². The summed E-state index contributed by atoms with van der Waals surface area (Å²) in [6.07, 6.45) is 0.117. The van der Waals surface area contributed by atoms with E-state index >= 15 is 0 Å². The fourth-order valence-corrected chi connectivity index (χ4v) is 4.35. The molecule has 0 fully saturated rings. The zero-order chi connectivity index (χ0) is 22.5. The number of benzene rings is 1. The fourth-order valence-electron chi connectivity index (χ4n) is 3.38. The highest BCUT2D eigenvalue weighted by atomic mass is 32.2. The van der Waals surface area contributed by atoms with E-state index in [-0.39, 0.29) is 31.1 Å². The normalized spacial score (nSPS) is 17.8. The van der Waals surface area contributed by atoms with E-state index in [1.54, 1.807) is 42.0 Å². The van der Waals surface area contributed by atoms with Gasteiger partial charge in [-0.2, -0.15) is 0 Å². The third kappa shape index (κ3) is 4.83. The summed E-state index contributed by atoms with van der Waals surface area (Å²) in [7, 11) is 3.24. The predicted octanol–water partition coefficient (Wildman–Crippen LogP) is 3.46. The molecule has 0 aliphatic carbocycles. The molecule has 1 amide bonds. The number of thioether (sulfide) groups is 1. The first-order valence-corrected chi connectivity index (χ1v) is 10.9. The largest absolute Gasteiger partial charge is 0.460 e. The quantitative estimate of drug-likeness (QED) is 0.449. The smallest absolute Gasteiger partial charge is 0.338 e. The van der Waals surface area contributed by atoms with Crippen molar-refractivity contribution in [1.82, 2.24) is 9.80 Å². The zero-order valence-electron chi connectivity index (χ0n) is 18.1. The summed E-state index contributed by atoms with van der Waals surface area (Å²) >= 11 is 1.35. The van der Waals surface area contributed by atoms with Crippen molar-refractivity contribution in [2.45, 2.75) is 26.3 Å². The van der Waals surface area contributed by atoms with Crippen LogP contribution in [0.25, 0.3) is 0 Å². The van der Waals surface area contributed by atoms with Gasteiger partial charge in [-0.25, -0.2) is 14.2 Å². The molecular weight excluding hydrogens is 421 g/mol. The van der Waals surface area contributed by atoms with Crippen molar-refractivity contribution in [3.8, 4) is 0 Å². The number of halogens is 1. The van der Waals surface area contributed by atoms with E-state index in [4.69, 9.17) is 9.47 Å². The molecule has 2 aliphatic heterocycles. The first-order valence-electron chi connectivity index (χ1n) is 9.97. The van der Waals surface area contributed by atoms with Crippen LogP contribution in [0.2, 0.25) is 0 Å². The number of esters is 1. The van der Waals surface area contributed by atoms with E-state index in [1.807, 2.05) is 12.3 Å². The Labute approximate surface area is 185 Å². The maximum atomic E-state index is 14.9. The van der Waals surface area contributed by atoms with Crippen LogP contribution in [0, 0.1) is 5.82 Å². The molecule has 1 aromatic carbocycles. The van der Waals surface area contributed by atoms with E-state index in [2.05, 4.69) is 4.99 Å². The zero-order valence-corrected chi connectivity index (χ0v) is 18.9. The molecule has 2 aliphatic rings. The van der Waals surface area contributed by atoms with Crippen molar-refractivity contribution < 1.29 is 23.5 Å². The highest BCUT2D eigenvalue weighted by molar-refractivity contribution is 8.16. The highest BCUT2D eigenvalue weighted by Crippen LogP contribution is 2.45. The summed E-state index contributed by atoms with van der Waals surface area (Å²) in [4.78, 5) is 33.5. The topological polar surface area (TPSA) is 71.4 Å². The lowest BCUT2D eigenvalue weighted by molar-refractivity contribution is -0.141. The molecule has 1 unspecified atom stereocenters. The van der Waals surface area contributed by atoms with E-state index in [1.165, 1.54) is 24.9 Å². The predicted molar refractivity (Wildman–Crippen MR) is 118 cm³/mol. The number of ether oxygens (including phenoxy) is 2. The molecule has 2 heterocycles. The van der Waals surface area contributed by atoms with Crippen LogP contribution in [-0.4, -0.2) is 60.8 Å². The van der Waals surface area contributed by atoms with Crippen molar-refractivity contribution in [2.24, 2.45) is 4.99 Å². The number of amidine groups is 1. The van der Waals surface area contributed by atoms with Crippen LogP contribution in [0.1, 0.15) is 31.9 Å². The number of carbonyl (C=O) groups is 2. The molecule has 0 aromatic heterocycles. The minimum absolute atomic E-state index is 0.0709. The SMILES string of the molecule is CCN(C)C(=O)CC1=CSC2=NC(C)=C(C(=O)OCCOC)C(c3ccccc3F)N12. The van der Waals surface area contributed by atoms with Crippen LogP contribution in [0.4, 0.5) is 4.39 Å². The van der Waals surface area contributed by atoms with E-state index in [9.17, 15) is 14.0 Å². The van der Waals surface area contributed by atoms with Crippen LogP contribution < -0.4 is 0 Å². The molecule has 31 heavy (non-hydrogen) atoms. The van der Waals surface area contributed by atoms with Crippen molar-refractivity contribution in [3.05, 3.63) is 58.0 Å². The van der Waals surface area contributed by atoms with Gasteiger partial charge in [0.15, 0.2) is 5.17 Å². The molecule has 166 valence electrons. The van der Waals surface area contributed by atoms with E-state index in [0.717, 1.165) is 0 Å². The lowest BCUT2D eigenvalue weighted by atomic mass is 9.93. The lowest BCUT2D eigenvalue weighted by Crippen LogP contribution is -2.38. The number of nitrogens with zero attached hydrogens (tertiary/aromatic N) is 3. The van der Waals surface area contributed by atoms with Gasteiger partial charge in [0, 0.05) is 32.0 Å². The Morgan fingerprint density at radius 3 is 2.71 bits per heavy atom. The van der Waals surface area contributed by atoms with Crippen molar-refractivity contribution in [2.75, 3.05) is 33.9 Å². The standard InChI is InChI=1S/C22H26FN3O4S/c1-5-25(3)18(27)12-15-13-31-22-24-14(2)19(21(28)30-11-10-29-4)20(26(15)22)16-8-6-7-9-17(16)23/h6-9,13,20H,5,10-12H2,1-4H3. The van der Waals surface area contributed by atoms with Crippen LogP contribution in [0.5, 0.6) is 0 Å². The molecule has 9 heteroatoms. The number of aliphatic imine (C=N–C) groups is 1. The second-order valence-electron chi connectivity index (χ2n) is 7.13. The second-order valence-corrected chi connectivity index (χ2v) is 7.96. The van der Waals surface area contributed by atoms with Crippen LogP contribution in [0.15, 0.2) is 51.6 Å². The third-order valence-electron chi connectivity index (χ3n) is 5.17. The highest BCUT2D eigenvalue weighted by Gasteiger charge is 2.42. The minimum Gasteiger partial charge on any atom is -0.460 e. The van der Waals surface area contributed by atoms with Crippen molar-refractivity contribution in [3.63, 3.8) is 0 Å². The van der Waals surface area contributed by atoms with Gasteiger partial charge in [-0.3, -0.25) is 4.79 Å². The molecular formula is C22H26FN3O4S. The van der Waals surface area contributed by atoms with Gasteiger partial charge >= 0.3 is 5.97 Å². The van der Waals surface area contributed by atoms with E-state index in [0.29, 0.717) is 28.7 Å². The molecule has 0 bridgehead atoms.